The van der Waals surface area contributed by atoms with E-state index in [9.17, 15) is 4.79 Å². The highest BCUT2D eigenvalue weighted by Gasteiger charge is 2.38. The third kappa shape index (κ3) is 2.14. The Labute approximate surface area is 134 Å². The molecule has 6 heteroatoms. The average molecular weight is 399 g/mol. The highest BCUT2D eigenvalue weighted by Crippen LogP contribution is 2.29. The van der Waals surface area contributed by atoms with Crippen LogP contribution < -0.4 is 5.32 Å². The van der Waals surface area contributed by atoms with Crippen LogP contribution in [-0.4, -0.2) is 41.5 Å². The third-order valence-corrected chi connectivity index (χ3v) is 6.54. The third-order valence-electron chi connectivity index (χ3n) is 4.30. The molecule has 104 valence electrons. The second-order valence-electron chi connectivity index (χ2n) is 5.54. The minimum absolute atomic E-state index is 0.0346. The molecule has 4 heterocycles. The van der Waals surface area contributed by atoms with Crippen LogP contribution >= 0.6 is 33.9 Å². The van der Waals surface area contributed by atoms with Crippen molar-refractivity contribution in [2.45, 2.75) is 12.5 Å². The standard InChI is InChI=1S/C14H14IN3OS/c15-10-7-20-13-4-16-11(3-9(10)13)14(19)17-12-6-18-2-1-8(12)5-18/h3-4,7-8,12H,1-2,5-6H2,(H,17,19)/t8-,12?/m0/s1. The molecule has 2 aromatic heterocycles. The molecule has 1 N–H and O–H groups in total. The number of nitrogens with zero attached hydrogens (tertiary/aromatic N) is 2. The first-order chi connectivity index (χ1) is 9.70. The molecular weight excluding hydrogens is 385 g/mol. The number of aromatic nitrogens is 1. The topological polar surface area (TPSA) is 45.2 Å². The Balaban J connectivity index is 1.56. The van der Waals surface area contributed by atoms with E-state index in [1.165, 1.54) is 16.5 Å². The van der Waals surface area contributed by atoms with Crippen molar-refractivity contribution >= 4 is 49.9 Å². The number of piperidine rings is 1. The minimum atomic E-state index is -0.0346. The van der Waals surface area contributed by atoms with Gasteiger partial charge in [0.2, 0.25) is 0 Å². The Morgan fingerprint density at radius 2 is 2.40 bits per heavy atom. The molecule has 2 fully saturated rings. The van der Waals surface area contributed by atoms with E-state index in [1.54, 1.807) is 17.5 Å². The van der Waals surface area contributed by atoms with E-state index in [-0.39, 0.29) is 5.91 Å². The van der Waals surface area contributed by atoms with Crippen molar-refractivity contribution in [2.75, 3.05) is 19.6 Å². The number of rotatable bonds is 2. The maximum atomic E-state index is 12.4. The van der Waals surface area contributed by atoms with Crippen molar-refractivity contribution < 1.29 is 4.79 Å². The summed E-state index contributed by atoms with van der Waals surface area (Å²) in [4.78, 5) is 19.1. The van der Waals surface area contributed by atoms with Gasteiger partial charge in [-0.1, -0.05) is 0 Å². The lowest BCUT2D eigenvalue weighted by atomic mass is 10.00. The Bertz CT molecular complexity index is 686. The first-order valence-electron chi connectivity index (χ1n) is 6.76. The lowest BCUT2D eigenvalue weighted by molar-refractivity contribution is 0.0919. The van der Waals surface area contributed by atoms with Crippen LogP contribution in [0.2, 0.25) is 0 Å². The molecule has 2 saturated heterocycles. The van der Waals surface area contributed by atoms with Crippen molar-refractivity contribution in [1.29, 1.82) is 0 Å². The maximum absolute atomic E-state index is 12.4. The van der Waals surface area contributed by atoms with Gasteiger partial charge in [-0.2, -0.15) is 0 Å². The molecule has 2 unspecified atom stereocenters. The van der Waals surface area contributed by atoms with Crippen molar-refractivity contribution in [3.05, 3.63) is 26.9 Å². The molecule has 0 radical (unpaired) electrons. The lowest BCUT2D eigenvalue weighted by Crippen LogP contribution is -2.43. The number of thiophene rings is 1. The van der Waals surface area contributed by atoms with E-state index < -0.39 is 0 Å². The van der Waals surface area contributed by atoms with Crippen LogP contribution in [0.4, 0.5) is 0 Å². The van der Waals surface area contributed by atoms with Crippen molar-refractivity contribution in [3.63, 3.8) is 0 Å². The number of halogens is 1. The summed E-state index contributed by atoms with van der Waals surface area (Å²) < 4.78 is 2.32. The summed E-state index contributed by atoms with van der Waals surface area (Å²) in [5, 5.41) is 6.39. The first kappa shape index (κ1) is 13.0. The predicted octanol–water partition coefficient (Wildman–Crippen LogP) is 2.33. The molecule has 2 bridgehead atoms. The molecule has 0 aliphatic carbocycles. The largest absolute Gasteiger partial charge is 0.346 e. The normalized spacial score (nSPS) is 28.1. The Morgan fingerprint density at radius 1 is 1.50 bits per heavy atom. The molecule has 2 aliphatic heterocycles. The molecule has 0 spiro atoms. The fourth-order valence-corrected chi connectivity index (χ4v) is 4.99. The number of pyridine rings is 1. The summed E-state index contributed by atoms with van der Waals surface area (Å²) in [7, 11) is 0. The number of fused-ring (bicyclic) bond motifs is 3. The Hall–Kier alpha value is -0.730. The van der Waals surface area contributed by atoms with Crippen molar-refractivity contribution in [2.24, 2.45) is 5.92 Å². The number of hydrogen-bond acceptors (Lipinski definition) is 4. The molecule has 4 nitrogen and oxygen atoms in total. The van der Waals surface area contributed by atoms with Crippen LogP contribution in [0.25, 0.3) is 10.1 Å². The van der Waals surface area contributed by atoms with Gasteiger partial charge in [-0.25, -0.2) is 4.98 Å². The van der Waals surface area contributed by atoms with Gasteiger partial charge in [0.1, 0.15) is 5.69 Å². The number of amides is 1. The molecule has 4 rings (SSSR count). The average Bonchev–Trinajstić information content (AvgIpc) is 3.15. The van der Waals surface area contributed by atoms with E-state index in [4.69, 9.17) is 0 Å². The van der Waals surface area contributed by atoms with E-state index in [2.05, 4.69) is 43.2 Å². The van der Waals surface area contributed by atoms with Gasteiger partial charge in [-0.15, -0.1) is 11.3 Å². The minimum Gasteiger partial charge on any atom is -0.346 e. The Morgan fingerprint density at radius 3 is 3.15 bits per heavy atom. The smallest absolute Gasteiger partial charge is 0.270 e. The highest BCUT2D eigenvalue weighted by molar-refractivity contribution is 14.1. The quantitative estimate of drug-likeness (QED) is 0.789. The molecular formula is C14H14IN3OS. The zero-order valence-electron chi connectivity index (χ0n) is 10.8. The second-order valence-corrected chi connectivity index (χ2v) is 7.61. The monoisotopic (exact) mass is 399 g/mol. The zero-order chi connectivity index (χ0) is 13.7. The summed E-state index contributed by atoms with van der Waals surface area (Å²) in [5.41, 5.74) is 0.534. The second kappa shape index (κ2) is 4.92. The SMILES string of the molecule is O=C(NC1CN2CC[C@H]1C2)c1cc2c(I)csc2cn1. The zero-order valence-corrected chi connectivity index (χ0v) is 13.8. The van der Waals surface area contributed by atoms with Crippen LogP contribution in [0, 0.1) is 9.49 Å². The van der Waals surface area contributed by atoms with Gasteiger partial charge in [0.15, 0.2) is 0 Å². The van der Waals surface area contributed by atoms with Gasteiger partial charge in [0.05, 0.1) is 4.70 Å². The number of carbonyl (C=O) groups excluding carboxylic acids is 1. The molecule has 2 aromatic rings. The first-order valence-corrected chi connectivity index (χ1v) is 8.72. The van der Waals surface area contributed by atoms with E-state index >= 15 is 0 Å². The van der Waals surface area contributed by atoms with Crippen molar-refractivity contribution in [3.8, 4) is 0 Å². The molecule has 0 saturated carbocycles. The van der Waals surface area contributed by atoms with Gasteiger partial charge >= 0.3 is 0 Å². The van der Waals surface area contributed by atoms with Crippen LogP contribution in [0.1, 0.15) is 16.9 Å². The fraction of sp³-hybridized carbons (Fsp3) is 0.429. The van der Waals surface area contributed by atoms with Crippen LogP contribution in [0.3, 0.4) is 0 Å². The molecule has 0 aromatic carbocycles. The number of nitrogens with one attached hydrogen (secondary N) is 1. The summed E-state index contributed by atoms with van der Waals surface area (Å²) in [5.74, 6) is 0.594. The molecule has 20 heavy (non-hydrogen) atoms. The maximum Gasteiger partial charge on any atom is 0.270 e. The molecule has 2 aliphatic rings. The van der Waals surface area contributed by atoms with E-state index in [0.29, 0.717) is 17.7 Å². The van der Waals surface area contributed by atoms with Crippen molar-refractivity contribution in [1.82, 2.24) is 15.2 Å². The Kier molecular flexibility index (Phi) is 3.19. The van der Waals surface area contributed by atoms with Gasteiger partial charge in [-0.3, -0.25) is 4.79 Å². The fourth-order valence-electron chi connectivity index (χ4n) is 3.22. The summed E-state index contributed by atoms with van der Waals surface area (Å²) in [6.07, 6.45) is 3.02. The van der Waals surface area contributed by atoms with Gasteiger partial charge in [0.25, 0.3) is 5.91 Å². The van der Waals surface area contributed by atoms with Gasteiger partial charge < -0.3 is 10.2 Å². The summed E-state index contributed by atoms with van der Waals surface area (Å²) in [6, 6.07) is 2.21. The number of hydrogen-bond donors (Lipinski definition) is 1. The lowest BCUT2D eigenvalue weighted by Gasteiger charge is -2.22. The molecule has 3 atom stereocenters. The summed E-state index contributed by atoms with van der Waals surface area (Å²) in [6.45, 7) is 3.32. The number of carbonyl (C=O) groups is 1. The highest BCUT2D eigenvalue weighted by atomic mass is 127. The summed E-state index contributed by atoms with van der Waals surface area (Å²) >= 11 is 3.97. The van der Waals surface area contributed by atoms with E-state index in [1.807, 2.05) is 6.07 Å². The molecule has 1 amide bonds. The predicted molar refractivity (Wildman–Crippen MR) is 88.1 cm³/mol. The van der Waals surface area contributed by atoms with Crippen LogP contribution in [-0.2, 0) is 0 Å². The van der Waals surface area contributed by atoms with Crippen LogP contribution in [0.15, 0.2) is 17.6 Å². The van der Waals surface area contributed by atoms with Gasteiger partial charge in [-0.05, 0) is 47.5 Å². The van der Waals surface area contributed by atoms with E-state index in [0.717, 1.165) is 23.2 Å². The van der Waals surface area contributed by atoms with Gasteiger partial charge in [0, 0.05) is 39.7 Å². The van der Waals surface area contributed by atoms with Crippen LogP contribution in [0.5, 0.6) is 0 Å².